The zero-order valence-electron chi connectivity index (χ0n) is 12.8. The molecule has 2 aliphatic rings. The molecule has 1 aromatic rings. The minimum absolute atomic E-state index is 0.144. The van der Waals surface area contributed by atoms with Crippen LogP contribution in [0.4, 0.5) is 5.13 Å². The minimum atomic E-state index is 0.144. The molecule has 1 aromatic heterocycles. The monoisotopic (exact) mass is 295 g/mol. The molecular weight excluding hydrogens is 270 g/mol. The smallest absolute Gasteiger partial charge is 0.185 e. The Kier molecular flexibility index (Phi) is 3.55. The van der Waals surface area contributed by atoms with Gasteiger partial charge in [-0.05, 0) is 31.6 Å². The number of hydrogen-bond acceptors (Lipinski definition) is 5. The van der Waals surface area contributed by atoms with Gasteiger partial charge in [-0.25, -0.2) is 4.98 Å². The second-order valence-corrected chi connectivity index (χ2v) is 8.01. The van der Waals surface area contributed by atoms with Gasteiger partial charge in [0.1, 0.15) is 0 Å². The minimum Gasteiger partial charge on any atom is -0.376 e. The average Bonchev–Trinajstić information content (AvgIpc) is 2.93. The Hall–Kier alpha value is -0.650. The third-order valence-electron chi connectivity index (χ3n) is 4.61. The Morgan fingerprint density at radius 1 is 1.45 bits per heavy atom. The van der Waals surface area contributed by atoms with Crippen molar-refractivity contribution in [3.05, 3.63) is 10.6 Å². The van der Waals surface area contributed by atoms with Crippen LogP contribution in [0.25, 0.3) is 0 Å². The van der Waals surface area contributed by atoms with E-state index in [1.807, 2.05) is 0 Å². The average molecular weight is 295 g/mol. The van der Waals surface area contributed by atoms with Crippen molar-refractivity contribution < 1.29 is 4.74 Å². The summed E-state index contributed by atoms with van der Waals surface area (Å²) in [7, 11) is 2.14. The Morgan fingerprint density at radius 3 is 2.85 bits per heavy atom. The molecule has 0 bridgehead atoms. The number of thiazole rings is 1. The van der Waals surface area contributed by atoms with Gasteiger partial charge in [0.05, 0.1) is 17.8 Å². The lowest BCUT2D eigenvalue weighted by atomic mass is 9.77. The number of rotatable bonds is 2. The van der Waals surface area contributed by atoms with Gasteiger partial charge < -0.3 is 15.4 Å². The molecule has 0 spiro atoms. The molecular formula is C15H25N3OS. The van der Waals surface area contributed by atoms with Gasteiger partial charge in [-0.2, -0.15) is 0 Å². The van der Waals surface area contributed by atoms with Crippen molar-refractivity contribution in [1.82, 2.24) is 4.98 Å². The zero-order chi connectivity index (χ0) is 14.5. The Morgan fingerprint density at radius 2 is 2.20 bits per heavy atom. The summed E-state index contributed by atoms with van der Waals surface area (Å²) in [6.45, 7) is 7.57. The van der Waals surface area contributed by atoms with Crippen molar-refractivity contribution in [2.24, 2.45) is 11.1 Å². The maximum Gasteiger partial charge on any atom is 0.185 e. The largest absolute Gasteiger partial charge is 0.376 e. The number of fused-ring (bicyclic) bond motifs is 1. The number of nitrogens with zero attached hydrogens (tertiary/aromatic N) is 2. The molecule has 1 saturated heterocycles. The number of hydrogen-bond donors (Lipinski definition) is 1. The molecule has 3 rings (SSSR count). The summed E-state index contributed by atoms with van der Waals surface area (Å²) in [5.41, 5.74) is 7.82. The van der Waals surface area contributed by atoms with Gasteiger partial charge in [0, 0.05) is 24.6 Å². The summed E-state index contributed by atoms with van der Waals surface area (Å²) in [4.78, 5) is 8.47. The first-order valence-electron chi connectivity index (χ1n) is 7.47. The summed E-state index contributed by atoms with van der Waals surface area (Å²) >= 11 is 1.78. The number of anilines is 1. The van der Waals surface area contributed by atoms with Gasteiger partial charge in [0.25, 0.3) is 0 Å². The Bertz CT molecular complexity index is 499. The molecule has 1 fully saturated rings. The van der Waals surface area contributed by atoms with E-state index >= 15 is 0 Å². The number of aromatic nitrogens is 1. The first-order valence-corrected chi connectivity index (χ1v) is 8.29. The highest BCUT2D eigenvalue weighted by Crippen LogP contribution is 2.44. The predicted octanol–water partition coefficient (Wildman–Crippen LogP) is 2.73. The van der Waals surface area contributed by atoms with Gasteiger partial charge in [0.15, 0.2) is 5.13 Å². The molecule has 112 valence electrons. The summed E-state index contributed by atoms with van der Waals surface area (Å²) in [5, 5.41) is 1.10. The van der Waals surface area contributed by atoms with Crippen molar-refractivity contribution in [2.45, 2.75) is 58.2 Å². The Labute approximate surface area is 125 Å². The van der Waals surface area contributed by atoms with Crippen LogP contribution in [0.2, 0.25) is 0 Å². The van der Waals surface area contributed by atoms with Crippen LogP contribution in [0.1, 0.15) is 50.2 Å². The van der Waals surface area contributed by atoms with Crippen LogP contribution >= 0.6 is 11.3 Å². The zero-order valence-corrected chi connectivity index (χ0v) is 13.7. The molecule has 1 aliphatic carbocycles. The maximum atomic E-state index is 6.34. The molecule has 2 heterocycles. The normalized spacial score (nSPS) is 32.1. The SMILES string of the molecule is CC1OCCC1N(C)c1nc2c(s1)C(N)CC(C)(C)C2. The molecule has 3 atom stereocenters. The third-order valence-corrected chi connectivity index (χ3v) is 5.93. The number of nitrogens with two attached hydrogens (primary N) is 1. The molecule has 3 unspecified atom stereocenters. The van der Waals surface area contributed by atoms with Crippen LogP contribution in [-0.2, 0) is 11.2 Å². The fourth-order valence-electron chi connectivity index (χ4n) is 3.50. The lowest BCUT2D eigenvalue weighted by molar-refractivity contribution is 0.118. The lowest BCUT2D eigenvalue weighted by Gasteiger charge is -2.32. The van der Waals surface area contributed by atoms with E-state index < -0.39 is 0 Å². The summed E-state index contributed by atoms with van der Waals surface area (Å²) < 4.78 is 5.67. The van der Waals surface area contributed by atoms with Gasteiger partial charge in [-0.3, -0.25) is 0 Å². The van der Waals surface area contributed by atoms with Gasteiger partial charge in [-0.15, -0.1) is 0 Å². The van der Waals surface area contributed by atoms with Crippen molar-refractivity contribution in [3.8, 4) is 0 Å². The summed E-state index contributed by atoms with van der Waals surface area (Å²) in [5.74, 6) is 0. The van der Waals surface area contributed by atoms with E-state index in [1.54, 1.807) is 11.3 Å². The highest BCUT2D eigenvalue weighted by molar-refractivity contribution is 7.15. The molecule has 5 heteroatoms. The van der Waals surface area contributed by atoms with Gasteiger partial charge in [0.2, 0.25) is 0 Å². The molecule has 1 aliphatic heterocycles. The van der Waals surface area contributed by atoms with E-state index in [0.717, 1.165) is 31.0 Å². The summed E-state index contributed by atoms with van der Waals surface area (Å²) in [6, 6.07) is 0.581. The quantitative estimate of drug-likeness (QED) is 0.911. The van der Waals surface area contributed by atoms with Crippen LogP contribution in [-0.4, -0.2) is 30.8 Å². The highest BCUT2D eigenvalue weighted by atomic mass is 32.1. The van der Waals surface area contributed by atoms with Crippen molar-refractivity contribution in [3.63, 3.8) is 0 Å². The van der Waals surface area contributed by atoms with Gasteiger partial charge in [-0.1, -0.05) is 25.2 Å². The third kappa shape index (κ3) is 2.47. The molecule has 0 saturated carbocycles. The summed E-state index contributed by atoms with van der Waals surface area (Å²) in [6.07, 6.45) is 3.45. The molecule has 0 aromatic carbocycles. The van der Waals surface area contributed by atoms with E-state index in [4.69, 9.17) is 15.5 Å². The lowest BCUT2D eigenvalue weighted by Crippen LogP contribution is -2.36. The van der Waals surface area contributed by atoms with Crippen molar-refractivity contribution in [1.29, 1.82) is 0 Å². The van der Waals surface area contributed by atoms with E-state index in [-0.39, 0.29) is 17.6 Å². The second kappa shape index (κ2) is 4.97. The van der Waals surface area contributed by atoms with E-state index in [9.17, 15) is 0 Å². The number of likely N-dealkylation sites (N-methyl/N-ethyl adjacent to an activating group) is 1. The van der Waals surface area contributed by atoms with Crippen LogP contribution in [0.15, 0.2) is 0 Å². The van der Waals surface area contributed by atoms with Crippen molar-refractivity contribution in [2.75, 3.05) is 18.6 Å². The first-order chi connectivity index (χ1) is 9.37. The predicted molar refractivity (Wildman–Crippen MR) is 83.4 cm³/mol. The van der Waals surface area contributed by atoms with Crippen LogP contribution in [0, 0.1) is 5.41 Å². The highest BCUT2D eigenvalue weighted by Gasteiger charge is 2.35. The molecule has 4 nitrogen and oxygen atoms in total. The van der Waals surface area contributed by atoms with E-state index in [2.05, 4.69) is 32.7 Å². The first kappa shape index (κ1) is 14.3. The van der Waals surface area contributed by atoms with Crippen LogP contribution in [0.3, 0.4) is 0 Å². The van der Waals surface area contributed by atoms with Crippen LogP contribution < -0.4 is 10.6 Å². The maximum absolute atomic E-state index is 6.34. The molecule has 2 N–H and O–H groups in total. The molecule has 20 heavy (non-hydrogen) atoms. The fraction of sp³-hybridized carbons (Fsp3) is 0.800. The van der Waals surface area contributed by atoms with Gasteiger partial charge >= 0.3 is 0 Å². The van der Waals surface area contributed by atoms with Crippen molar-refractivity contribution >= 4 is 16.5 Å². The number of ether oxygens (including phenoxy) is 1. The fourth-order valence-corrected chi connectivity index (χ4v) is 4.60. The standard InChI is InChI=1S/C15H25N3OS/c1-9-12(5-6-19-9)18(4)14-17-11-8-15(2,3)7-10(16)13(11)20-14/h9-10,12H,5-8,16H2,1-4H3. The molecule has 0 amide bonds. The topological polar surface area (TPSA) is 51.4 Å². The van der Waals surface area contributed by atoms with E-state index in [1.165, 1.54) is 10.6 Å². The van der Waals surface area contributed by atoms with E-state index in [0.29, 0.717) is 6.04 Å². The second-order valence-electron chi connectivity index (χ2n) is 7.00. The Balaban J connectivity index is 1.86. The molecule has 0 radical (unpaired) electrons. The van der Waals surface area contributed by atoms with Crippen LogP contribution in [0.5, 0.6) is 0 Å².